The first-order valence-electron chi connectivity index (χ1n) is 6.09. The highest BCUT2D eigenvalue weighted by atomic mass is 79.9. The van der Waals surface area contributed by atoms with E-state index in [1.54, 1.807) is 13.0 Å². The molecule has 2 aromatic carbocycles. The molecule has 0 fully saturated rings. The largest absolute Gasteiger partial charge is 0.397 e. The molecule has 0 aliphatic carbocycles. The highest BCUT2D eigenvalue weighted by molar-refractivity contribution is 9.10. The topological polar surface area (TPSA) is 72.2 Å². The van der Waals surface area contributed by atoms with Crippen molar-refractivity contribution in [2.75, 3.05) is 5.73 Å². The van der Waals surface area contributed by atoms with Gasteiger partial charge in [0.15, 0.2) is 0 Å². The van der Waals surface area contributed by atoms with Crippen LogP contribution in [0.1, 0.15) is 11.1 Å². The summed E-state index contributed by atoms with van der Waals surface area (Å²) in [6.45, 7) is 1.89. The smallest absolute Gasteiger partial charge is 0.241 e. The summed E-state index contributed by atoms with van der Waals surface area (Å²) >= 11 is 9.21. The van der Waals surface area contributed by atoms with E-state index in [1.807, 2.05) is 24.3 Å². The van der Waals surface area contributed by atoms with Crippen molar-refractivity contribution in [3.05, 3.63) is 57.0 Å². The molecule has 0 aromatic heterocycles. The fourth-order valence-electron chi connectivity index (χ4n) is 1.82. The summed E-state index contributed by atoms with van der Waals surface area (Å²) in [6.07, 6.45) is 0. The Bertz CT molecular complexity index is 761. The van der Waals surface area contributed by atoms with Crippen molar-refractivity contribution in [3.63, 3.8) is 0 Å². The van der Waals surface area contributed by atoms with Crippen LogP contribution >= 0.6 is 27.5 Å². The average Bonchev–Trinajstić information content (AvgIpc) is 2.42. The van der Waals surface area contributed by atoms with Gasteiger partial charge in [0.2, 0.25) is 10.0 Å². The minimum absolute atomic E-state index is 0.140. The standard InChI is InChI=1S/C14H14BrClN2O2S/c1-9-6-12(16)13(17)7-14(9)21(19,20)18-8-10-2-4-11(15)5-3-10/h2-7,18H,8,17H2,1H3. The van der Waals surface area contributed by atoms with Gasteiger partial charge in [0.05, 0.1) is 15.6 Å². The Labute approximate surface area is 137 Å². The Morgan fingerprint density at radius 3 is 2.48 bits per heavy atom. The lowest BCUT2D eigenvalue weighted by atomic mass is 10.2. The molecule has 3 N–H and O–H groups in total. The number of nitrogen functional groups attached to an aromatic ring is 1. The molecule has 0 aliphatic heterocycles. The van der Waals surface area contributed by atoms with Crippen LogP contribution in [0.15, 0.2) is 45.8 Å². The summed E-state index contributed by atoms with van der Waals surface area (Å²) in [5.41, 5.74) is 7.34. The molecule has 0 radical (unpaired) electrons. The van der Waals surface area contributed by atoms with Crippen LogP contribution in [0.2, 0.25) is 5.02 Å². The Balaban J connectivity index is 2.22. The van der Waals surface area contributed by atoms with Crippen LogP contribution in [0.4, 0.5) is 5.69 Å². The quantitative estimate of drug-likeness (QED) is 0.786. The summed E-state index contributed by atoms with van der Waals surface area (Å²) in [4.78, 5) is 0.140. The summed E-state index contributed by atoms with van der Waals surface area (Å²) in [5, 5.41) is 0.347. The van der Waals surface area contributed by atoms with Crippen molar-refractivity contribution in [2.45, 2.75) is 18.4 Å². The molecule has 0 bridgehead atoms. The van der Waals surface area contributed by atoms with Gasteiger partial charge in [-0.1, -0.05) is 39.7 Å². The Morgan fingerprint density at radius 1 is 1.24 bits per heavy atom. The highest BCUT2D eigenvalue weighted by Gasteiger charge is 2.18. The third-order valence-electron chi connectivity index (χ3n) is 2.96. The SMILES string of the molecule is Cc1cc(Cl)c(N)cc1S(=O)(=O)NCc1ccc(Br)cc1. The van der Waals surface area contributed by atoms with Crippen LogP contribution in [-0.4, -0.2) is 8.42 Å². The number of rotatable bonds is 4. The fourth-order valence-corrected chi connectivity index (χ4v) is 3.58. The van der Waals surface area contributed by atoms with Gasteiger partial charge in [-0.05, 0) is 42.3 Å². The Hall–Kier alpha value is -1.08. The third-order valence-corrected chi connectivity index (χ3v) is 5.36. The molecule has 0 aliphatic rings. The number of nitrogens with two attached hydrogens (primary N) is 1. The molecule has 2 rings (SSSR count). The molecule has 7 heteroatoms. The molecule has 0 amide bonds. The summed E-state index contributed by atoms with van der Waals surface area (Å²) in [5.74, 6) is 0. The first kappa shape index (κ1) is 16.3. The van der Waals surface area contributed by atoms with Crippen molar-refractivity contribution in [3.8, 4) is 0 Å². The number of nitrogens with one attached hydrogen (secondary N) is 1. The number of hydrogen-bond donors (Lipinski definition) is 2. The van der Waals surface area contributed by atoms with Crippen molar-refractivity contribution in [2.24, 2.45) is 0 Å². The van der Waals surface area contributed by atoms with Gasteiger partial charge in [-0.2, -0.15) is 0 Å². The van der Waals surface area contributed by atoms with Crippen LogP contribution in [0.25, 0.3) is 0 Å². The normalized spacial score (nSPS) is 11.6. The van der Waals surface area contributed by atoms with Crippen LogP contribution < -0.4 is 10.5 Å². The summed E-state index contributed by atoms with van der Waals surface area (Å²) in [7, 11) is -3.64. The van der Waals surface area contributed by atoms with E-state index in [0.717, 1.165) is 10.0 Å². The van der Waals surface area contributed by atoms with Gasteiger partial charge in [-0.25, -0.2) is 13.1 Å². The zero-order valence-electron chi connectivity index (χ0n) is 11.2. The van der Waals surface area contributed by atoms with Crippen molar-refractivity contribution in [1.82, 2.24) is 4.72 Å². The Morgan fingerprint density at radius 2 is 1.86 bits per heavy atom. The lowest BCUT2D eigenvalue weighted by molar-refractivity contribution is 0.580. The predicted molar refractivity (Wildman–Crippen MR) is 88.8 cm³/mol. The van der Waals surface area contributed by atoms with Gasteiger partial charge < -0.3 is 5.73 Å². The molecular formula is C14H14BrClN2O2S. The summed E-state index contributed by atoms with van der Waals surface area (Å²) in [6, 6.07) is 10.3. The van der Waals surface area contributed by atoms with Gasteiger partial charge in [-0.15, -0.1) is 0 Å². The predicted octanol–water partition coefficient (Wildman–Crippen LogP) is 3.47. The molecule has 2 aromatic rings. The van der Waals surface area contributed by atoms with Crippen molar-refractivity contribution < 1.29 is 8.42 Å². The van der Waals surface area contributed by atoms with Gasteiger partial charge in [0.25, 0.3) is 0 Å². The molecule has 112 valence electrons. The number of hydrogen-bond acceptors (Lipinski definition) is 3. The maximum Gasteiger partial charge on any atom is 0.241 e. The maximum absolute atomic E-state index is 12.3. The molecular weight excluding hydrogens is 376 g/mol. The van der Waals surface area contributed by atoms with Crippen LogP contribution in [-0.2, 0) is 16.6 Å². The van der Waals surface area contributed by atoms with E-state index in [2.05, 4.69) is 20.7 Å². The van der Waals surface area contributed by atoms with E-state index in [4.69, 9.17) is 17.3 Å². The van der Waals surface area contributed by atoms with Crippen molar-refractivity contribution in [1.29, 1.82) is 0 Å². The van der Waals surface area contributed by atoms with Gasteiger partial charge >= 0.3 is 0 Å². The lowest BCUT2D eigenvalue weighted by Gasteiger charge is -2.11. The minimum atomic E-state index is -3.64. The van der Waals surface area contributed by atoms with Crippen LogP contribution in [0, 0.1) is 6.92 Å². The number of benzene rings is 2. The van der Waals surface area contributed by atoms with E-state index in [9.17, 15) is 8.42 Å². The monoisotopic (exact) mass is 388 g/mol. The van der Waals surface area contributed by atoms with Crippen molar-refractivity contribution >= 4 is 43.2 Å². The number of sulfonamides is 1. The minimum Gasteiger partial charge on any atom is -0.397 e. The van der Waals surface area contributed by atoms with Gasteiger partial charge in [0, 0.05) is 11.0 Å². The first-order valence-corrected chi connectivity index (χ1v) is 8.75. The molecule has 4 nitrogen and oxygen atoms in total. The van der Waals surface area contributed by atoms with E-state index in [1.165, 1.54) is 6.07 Å². The third kappa shape index (κ3) is 3.97. The fraction of sp³-hybridized carbons (Fsp3) is 0.143. The molecule has 0 atom stereocenters. The molecule has 21 heavy (non-hydrogen) atoms. The van der Waals surface area contributed by atoms with E-state index in [0.29, 0.717) is 10.6 Å². The zero-order valence-corrected chi connectivity index (χ0v) is 14.4. The summed E-state index contributed by atoms with van der Waals surface area (Å²) < 4.78 is 28.2. The van der Waals surface area contributed by atoms with E-state index >= 15 is 0 Å². The first-order chi connectivity index (χ1) is 9.79. The Kier molecular flexibility index (Phi) is 4.93. The molecule has 0 spiro atoms. The number of halogens is 2. The lowest BCUT2D eigenvalue weighted by Crippen LogP contribution is -2.24. The van der Waals surface area contributed by atoms with Gasteiger partial charge in [0.1, 0.15) is 0 Å². The highest BCUT2D eigenvalue weighted by Crippen LogP contribution is 2.26. The molecule has 0 heterocycles. The number of aryl methyl sites for hydroxylation is 1. The second kappa shape index (κ2) is 6.36. The average molecular weight is 390 g/mol. The molecule has 0 saturated heterocycles. The van der Waals surface area contributed by atoms with Gasteiger partial charge in [-0.3, -0.25) is 0 Å². The molecule has 0 unspecified atom stereocenters. The maximum atomic E-state index is 12.3. The second-order valence-electron chi connectivity index (χ2n) is 4.59. The number of anilines is 1. The van der Waals surface area contributed by atoms with Crippen LogP contribution in [0.5, 0.6) is 0 Å². The van der Waals surface area contributed by atoms with Crippen LogP contribution in [0.3, 0.4) is 0 Å². The van der Waals surface area contributed by atoms with E-state index < -0.39 is 10.0 Å². The zero-order chi connectivity index (χ0) is 15.6. The van der Waals surface area contributed by atoms with E-state index in [-0.39, 0.29) is 17.1 Å². The second-order valence-corrected chi connectivity index (χ2v) is 7.65. The molecule has 0 saturated carbocycles.